The fourth-order valence-electron chi connectivity index (χ4n) is 2.74. The number of methoxy groups -OCH3 is 2. The molecule has 0 aliphatic heterocycles. The van der Waals surface area contributed by atoms with Gasteiger partial charge in [0.15, 0.2) is 11.5 Å². The lowest BCUT2D eigenvalue weighted by molar-refractivity contribution is 0.355. The number of aromatic nitrogens is 1. The summed E-state index contributed by atoms with van der Waals surface area (Å²) in [6.45, 7) is 0. The summed E-state index contributed by atoms with van der Waals surface area (Å²) in [6.07, 6.45) is 1.94. The maximum absolute atomic E-state index is 11.9. The highest BCUT2D eigenvalue weighted by atomic mass is 32.2. The smallest absolute Gasteiger partial charge is 0.240 e. The number of hydrogen-bond donors (Lipinski definition) is 1. The second kappa shape index (κ2) is 7.23. The van der Waals surface area contributed by atoms with Crippen LogP contribution in [-0.4, -0.2) is 34.3 Å². The predicted molar refractivity (Wildman–Crippen MR) is 101 cm³/mol. The van der Waals surface area contributed by atoms with E-state index in [9.17, 15) is 8.42 Å². The molecule has 0 saturated carbocycles. The Balaban J connectivity index is 2.02. The molecule has 0 fully saturated rings. The van der Waals surface area contributed by atoms with Crippen LogP contribution in [0.3, 0.4) is 0 Å². The van der Waals surface area contributed by atoms with Gasteiger partial charge < -0.3 is 14.0 Å². The van der Waals surface area contributed by atoms with Crippen molar-refractivity contribution in [1.29, 1.82) is 0 Å². The summed E-state index contributed by atoms with van der Waals surface area (Å²) in [7, 11) is 1.14. The first-order valence-electron chi connectivity index (χ1n) is 7.94. The normalized spacial score (nSPS) is 11.3. The SMILES string of the molecule is CNS(=O)(=O)c1ccc(-c2cccn2-c2ccc(OC)c(OC)c2)cc1. The predicted octanol–water partition coefficient (Wildman–Crippen LogP) is 3.07. The van der Waals surface area contributed by atoms with Gasteiger partial charge in [0.25, 0.3) is 0 Å². The molecule has 0 bridgehead atoms. The van der Waals surface area contributed by atoms with E-state index in [0.717, 1.165) is 16.9 Å². The fourth-order valence-corrected chi connectivity index (χ4v) is 3.47. The third-order valence-electron chi connectivity index (χ3n) is 4.12. The quantitative estimate of drug-likeness (QED) is 0.722. The van der Waals surface area contributed by atoms with Gasteiger partial charge in [0, 0.05) is 18.0 Å². The van der Waals surface area contributed by atoms with Crippen LogP contribution in [0.15, 0.2) is 65.7 Å². The van der Waals surface area contributed by atoms with Gasteiger partial charge in [-0.2, -0.15) is 0 Å². The molecule has 0 saturated heterocycles. The van der Waals surface area contributed by atoms with E-state index in [4.69, 9.17) is 9.47 Å². The molecule has 0 radical (unpaired) electrons. The summed E-state index contributed by atoms with van der Waals surface area (Å²) in [6, 6.07) is 16.3. The highest BCUT2D eigenvalue weighted by molar-refractivity contribution is 7.89. The molecule has 26 heavy (non-hydrogen) atoms. The van der Waals surface area contributed by atoms with Crippen molar-refractivity contribution in [3.05, 3.63) is 60.8 Å². The van der Waals surface area contributed by atoms with Gasteiger partial charge in [-0.1, -0.05) is 12.1 Å². The van der Waals surface area contributed by atoms with Crippen LogP contribution < -0.4 is 14.2 Å². The molecule has 7 heteroatoms. The molecule has 0 amide bonds. The molecule has 3 rings (SSSR count). The lowest BCUT2D eigenvalue weighted by Crippen LogP contribution is -2.18. The number of sulfonamides is 1. The van der Waals surface area contributed by atoms with Crippen LogP contribution in [-0.2, 0) is 10.0 Å². The first-order valence-corrected chi connectivity index (χ1v) is 9.42. The first kappa shape index (κ1) is 18.0. The van der Waals surface area contributed by atoms with Crippen LogP contribution in [0.25, 0.3) is 16.9 Å². The summed E-state index contributed by atoms with van der Waals surface area (Å²) in [4.78, 5) is 0.230. The van der Waals surface area contributed by atoms with Gasteiger partial charge in [-0.15, -0.1) is 0 Å². The molecule has 0 aliphatic rings. The first-order chi connectivity index (χ1) is 12.5. The molecule has 0 aliphatic carbocycles. The Morgan fingerprint density at radius 1 is 0.923 bits per heavy atom. The summed E-state index contributed by atoms with van der Waals surface area (Å²) in [5.41, 5.74) is 2.75. The van der Waals surface area contributed by atoms with Crippen molar-refractivity contribution in [2.75, 3.05) is 21.3 Å². The Bertz CT molecular complexity index is 1010. The highest BCUT2D eigenvalue weighted by Gasteiger charge is 2.13. The van der Waals surface area contributed by atoms with Gasteiger partial charge in [-0.05, 0) is 49.0 Å². The van der Waals surface area contributed by atoms with Crippen molar-refractivity contribution < 1.29 is 17.9 Å². The second-order valence-corrected chi connectivity index (χ2v) is 7.42. The Hall–Kier alpha value is -2.77. The lowest BCUT2D eigenvalue weighted by atomic mass is 10.1. The average Bonchev–Trinajstić information content (AvgIpc) is 3.17. The van der Waals surface area contributed by atoms with E-state index in [0.29, 0.717) is 11.5 Å². The van der Waals surface area contributed by atoms with E-state index < -0.39 is 10.0 Å². The largest absolute Gasteiger partial charge is 0.493 e. The Labute approximate surface area is 153 Å². The van der Waals surface area contributed by atoms with Crippen LogP contribution in [0.1, 0.15) is 0 Å². The van der Waals surface area contributed by atoms with Crippen molar-refractivity contribution in [3.8, 4) is 28.4 Å². The third-order valence-corrected chi connectivity index (χ3v) is 5.55. The lowest BCUT2D eigenvalue weighted by Gasteiger charge is -2.13. The van der Waals surface area contributed by atoms with Crippen molar-refractivity contribution >= 4 is 10.0 Å². The van der Waals surface area contributed by atoms with E-state index in [2.05, 4.69) is 4.72 Å². The van der Waals surface area contributed by atoms with E-state index in [-0.39, 0.29) is 4.90 Å². The minimum Gasteiger partial charge on any atom is -0.493 e. The molecule has 1 heterocycles. The summed E-state index contributed by atoms with van der Waals surface area (Å²) in [5, 5.41) is 0. The molecular weight excluding hydrogens is 352 g/mol. The van der Waals surface area contributed by atoms with Gasteiger partial charge in [-0.3, -0.25) is 0 Å². The number of benzene rings is 2. The zero-order valence-corrected chi connectivity index (χ0v) is 15.6. The number of rotatable bonds is 6. The third kappa shape index (κ3) is 3.31. The van der Waals surface area contributed by atoms with E-state index in [1.807, 2.05) is 41.1 Å². The molecule has 1 aromatic heterocycles. The molecule has 0 atom stereocenters. The molecule has 3 aromatic rings. The summed E-state index contributed by atoms with van der Waals surface area (Å²) in [5.74, 6) is 1.30. The molecule has 2 aromatic carbocycles. The number of nitrogens with one attached hydrogen (secondary N) is 1. The number of ether oxygens (including phenoxy) is 2. The van der Waals surface area contributed by atoms with Crippen molar-refractivity contribution in [3.63, 3.8) is 0 Å². The van der Waals surface area contributed by atoms with Crippen LogP contribution in [0.5, 0.6) is 11.5 Å². The van der Waals surface area contributed by atoms with Gasteiger partial charge in [0.05, 0.1) is 24.8 Å². The molecular formula is C19H20N2O4S. The van der Waals surface area contributed by atoms with Crippen LogP contribution in [0.4, 0.5) is 0 Å². The maximum Gasteiger partial charge on any atom is 0.240 e. The van der Waals surface area contributed by atoms with E-state index in [1.54, 1.807) is 38.5 Å². The Kier molecular flexibility index (Phi) is 5.01. The van der Waals surface area contributed by atoms with E-state index >= 15 is 0 Å². The van der Waals surface area contributed by atoms with E-state index in [1.165, 1.54) is 7.05 Å². The Morgan fingerprint density at radius 2 is 1.62 bits per heavy atom. The topological polar surface area (TPSA) is 69.6 Å². The standard InChI is InChI=1S/C19H20N2O4S/c1-20-26(22,23)16-9-6-14(7-10-16)17-5-4-12-21(17)15-8-11-18(24-2)19(13-15)25-3/h4-13,20H,1-3H3. The van der Waals surface area contributed by atoms with Crippen molar-refractivity contribution in [1.82, 2.24) is 9.29 Å². The Morgan fingerprint density at radius 3 is 2.23 bits per heavy atom. The minimum atomic E-state index is -3.45. The molecule has 1 N–H and O–H groups in total. The van der Waals surface area contributed by atoms with Crippen molar-refractivity contribution in [2.24, 2.45) is 0 Å². The molecule has 0 spiro atoms. The van der Waals surface area contributed by atoms with Gasteiger partial charge in [0.1, 0.15) is 0 Å². The van der Waals surface area contributed by atoms with Crippen molar-refractivity contribution in [2.45, 2.75) is 4.90 Å². The number of hydrogen-bond acceptors (Lipinski definition) is 4. The zero-order chi connectivity index (χ0) is 18.7. The van der Waals surface area contributed by atoms with Gasteiger partial charge >= 0.3 is 0 Å². The fraction of sp³-hybridized carbons (Fsp3) is 0.158. The van der Waals surface area contributed by atoms with Gasteiger partial charge in [0.2, 0.25) is 10.0 Å². The van der Waals surface area contributed by atoms with Gasteiger partial charge in [-0.25, -0.2) is 13.1 Å². The monoisotopic (exact) mass is 372 g/mol. The maximum atomic E-state index is 11.9. The second-order valence-electron chi connectivity index (χ2n) is 5.53. The number of nitrogens with zero attached hydrogens (tertiary/aromatic N) is 1. The minimum absolute atomic E-state index is 0.230. The van der Waals surface area contributed by atoms with Crippen LogP contribution in [0, 0.1) is 0 Å². The van der Waals surface area contributed by atoms with Crippen LogP contribution >= 0.6 is 0 Å². The van der Waals surface area contributed by atoms with Crippen LogP contribution in [0.2, 0.25) is 0 Å². The summed E-state index contributed by atoms with van der Waals surface area (Å²) < 4.78 is 38.7. The average molecular weight is 372 g/mol. The molecule has 0 unspecified atom stereocenters. The zero-order valence-electron chi connectivity index (χ0n) is 14.8. The highest BCUT2D eigenvalue weighted by Crippen LogP contribution is 2.32. The molecule has 6 nitrogen and oxygen atoms in total. The summed E-state index contributed by atoms with van der Waals surface area (Å²) >= 11 is 0. The molecule has 136 valence electrons.